The minimum absolute atomic E-state index is 0.0452. The molecule has 0 unspecified atom stereocenters. The summed E-state index contributed by atoms with van der Waals surface area (Å²) in [6.07, 6.45) is -1.98. The lowest BCUT2D eigenvalue weighted by Crippen LogP contribution is -2.56. The predicted octanol–water partition coefficient (Wildman–Crippen LogP) is 5.90. The maximum atomic E-state index is 12.1. The van der Waals surface area contributed by atoms with Gasteiger partial charge < -0.3 is 15.4 Å². The molecule has 0 heterocycles. The molecule has 5 nitrogen and oxygen atoms in total. The van der Waals surface area contributed by atoms with Crippen LogP contribution >= 0.6 is 70.2 Å². The Labute approximate surface area is 192 Å². The Balaban J connectivity index is 1.96. The third kappa shape index (κ3) is 7.70. The third-order valence-electron chi connectivity index (χ3n) is 3.25. The highest BCUT2D eigenvalue weighted by Gasteiger charge is 2.35. The lowest BCUT2D eigenvalue weighted by Gasteiger charge is -2.27. The maximum absolute atomic E-state index is 12.1. The van der Waals surface area contributed by atoms with Crippen LogP contribution in [0.5, 0.6) is 0 Å². The van der Waals surface area contributed by atoms with Crippen LogP contribution in [0, 0.1) is 0 Å². The number of rotatable bonds is 5. The van der Waals surface area contributed by atoms with Crippen LogP contribution in [0.15, 0.2) is 48.5 Å². The zero-order valence-corrected chi connectivity index (χ0v) is 18.6. The van der Waals surface area contributed by atoms with E-state index in [9.17, 15) is 4.79 Å². The van der Waals surface area contributed by atoms with Gasteiger partial charge in [0.2, 0.25) is 3.79 Å². The Morgan fingerprint density at radius 1 is 1.07 bits per heavy atom. The third-order valence-corrected chi connectivity index (χ3v) is 4.69. The van der Waals surface area contributed by atoms with E-state index in [1.165, 1.54) is 0 Å². The molecule has 28 heavy (non-hydrogen) atoms. The Morgan fingerprint density at radius 2 is 1.75 bits per heavy atom. The van der Waals surface area contributed by atoms with Crippen LogP contribution < -0.4 is 16.0 Å². The van der Waals surface area contributed by atoms with Crippen molar-refractivity contribution in [3.05, 3.63) is 64.1 Å². The molecule has 0 aromatic heterocycles. The van der Waals surface area contributed by atoms with Crippen LogP contribution in [-0.2, 0) is 11.3 Å². The summed E-state index contributed by atoms with van der Waals surface area (Å²) in [5.74, 6) is 0. The Bertz CT molecular complexity index is 833. The number of alkyl halides is 3. The lowest BCUT2D eigenvalue weighted by molar-refractivity contribution is 0.135. The average Bonchev–Trinajstić information content (AvgIpc) is 2.62. The molecule has 0 bridgehead atoms. The van der Waals surface area contributed by atoms with Crippen molar-refractivity contribution < 1.29 is 9.53 Å². The molecule has 1 atom stereocenters. The first-order valence-corrected chi connectivity index (χ1v) is 10.0. The molecule has 0 saturated carbocycles. The molecule has 150 valence electrons. The number of benzene rings is 2. The van der Waals surface area contributed by atoms with Gasteiger partial charge in [-0.25, -0.2) is 4.79 Å². The van der Waals surface area contributed by atoms with Crippen molar-refractivity contribution in [2.75, 3.05) is 5.32 Å². The standard InChI is InChI=1S/C17H14Cl5N3O2S/c18-11-6-7-12(19)13(8-11)23-15(28)24-14(17(20,21)22)25-16(26)27-9-10-4-2-1-3-5-10/h1-8,14H,9H2,(H,25,26)(H2,23,24,28)/t14-/m1/s1. The first kappa shape index (κ1) is 23.1. The summed E-state index contributed by atoms with van der Waals surface area (Å²) >= 11 is 35.0. The molecule has 1 amide bonds. The second kappa shape index (κ2) is 10.6. The van der Waals surface area contributed by atoms with Gasteiger partial charge in [0, 0.05) is 5.02 Å². The monoisotopic (exact) mass is 499 g/mol. The highest BCUT2D eigenvalue weighted by molar-refractivity contribution is 7.80. The number of nitrogens with one attached hydrogen (secondary N) is 3. The second-order valence-corrected chi connectivity index (χ2v) is 9.02. The molecule has 0 spiro atoms. The number of anilines is 1. The Kier molecular flexibility index (Phi) is 8.74. The molecule has 3 N–H and O–H groups in total. The SMILES string of the molecule is O=C(N[C@@H](NC(=S)Nc1cc(Cl)ccc1Cl)C(Cl)(Cl)Cl)OCc1ccccc1. The van der Waals surface area contributed by atoms with E-state index in [1.807, 2.05) is 30.3 Å². The zero-order valence-electron chi connectivity index (χ0n) is 14.0. The predicted molar refractivity (Wildman–Crippen MR) is 120 cm³/mol. The second-order valence-electron chi connectivity index (χ2n) is 5.40. The summed E-state index contributed by atoms with van der Waals surface area (Å²) in [5.41, 5.74) is 1.25. The van der Waals surface area contributed by atoms with E-state index < -0.39 is 16.1 Å². The van der Waals surface area contributed by atoms with E-state index in [4.69, 9.17) is 75.0 Å². The van der Waals surface area contributed by atoms with Gasteiger partial charge >= 0.3 is 6.09 Å². The van der Waals surface area contributed by atoms with Crippen molar-refractivity contribution in [1.29, 1.82) is 0 Å². The fourth-order valence-corrected chi connectivity index (χ4v) is 2.86. The summed E-state index contributed by atoms with van der Waals surface area (Å²) in [6, 6.07) is 13.9. The first-order valence-electron chi connectivity index (χ1n) is 7.71. The van der Waals surface area contributed by atoms with Crippen molar-refractivity contribution in [3.63, 3.8) is 0 Å². The van der Waals surface area contributed by atoms with Crippen molar-refractivity contribution in [3.8, 4) is 0 Å². The molecule has 0 aliphatic carbocycles. The summed E-state index contributed by atoms with van der Waals surface area (Å²) < 4.78 is 3.20. The molecular formula is C17H14Cl5N3O2S. The molecule has 0 aliphatic rings. The molecule has 2 aromatic rings. The number of alkyl carbamates (subject to hydrolysis) is 1. The molecule has 0 aliphatic heterocycles. The number of carbonyl (C=O) groups is 1. The average molecular weight is 502 g/mol. The fraction of sp³-hybridized carbons (Fsp3) is 0.176. The van der Waals surface area contributed by atoms with E-state index in [1.54, 1.807) is 18.2 Å². The van der Waals surface area contributed by atoms with Gasteiger partial charge in [0.25, 0.3) is 0 Å². The minimum Gasteiger partial charge on any atom is -0.445 e. The number of hydrogen-bond acceptors (Lipinski definition) is 3. The van der Waals surface area contributed by atoms with E-state index >= 15 is 0 Å². The normalized spacial score (nSPS) is 12.0. The van der Waals surface area contributed by atoms with Crippen molar-refractivity contribution >= 4 is 87.1 Å². The molecule has 0 radical (unpaired) electrons. The van der Waals surface area contributed by atoms with Crippen molar-refractivity contribution in [1.82, 2.24) is 10.6 Å². The maximum Gasteiger partial charge on any atom is 0.409 e. The smallest absolute Gasteiger partial charge is 0.409 e. The van der Waals surface area contributed by atoms with Gasteiger partial charge in [-0.1, -0.05) is 88.3 Å². The quantitative estimate of drug-likeness (QED) is 0.270. The number of hydrogen-bond donors (Lipinski definition) is 3. The first-order chi connectivity index (χ1) is 13.1. The summed E-state index contributed by atoms with van der Waals surface area (Å²) in [5, 5.41) is 8.81. The topological polar surface area (TPSA) is 62.4 Å². The number of halogens is 5. The van der Waals surface area contributed by atoms with Gasteiger partial charge in [-0.3, -0.25) is 5.32 Å². The van der Waals surface area contributed by atoms with Gasteiger partial charge in [-0.15, -0.1) is 0 Å². The van der Waals surface area contributed by atoms with E-state index in [-0.39, 0.29) is 11.7 Å². The molecule has 2 rings (SSSR count). The van der Waals surface area contributed by atoms with Crippen molar-refractivity contribution in [2.24, 2.45) is 0 Å². The van der Waals surface area contributed by atoms with Crippen LogP contribution in [0.2, 0.25) is 10.0 Å². The fourth-order valence-electron chi connectivity index (χ4n) is 1.97. The Hall–Kier alpha value is -1.15. The van der Waals surface area contributed by atoms with E-state index in [2.05, 4.69) is 16.0 Å². The zero-order chi connectivity index (χ0) is 20.7. The molecule has 0 fully saturated rings. The van der Waals surface area contributed by atoms with Crippen LogP contribution in [-0.4, -0.2) is 21.2 Å². The minimum atomic E-state index is -1.92. The molecule has 0 saturated heterocycles. The summed E-state index contributed by atoms with van der Waals surface area (Å²) in [7, 11) is 0. The van der Waals surface area contributed by atoms with Gasteiger partial charge in [0.1, 0.15) is 6.61 Å². The number of amides is 1. The highest BCUT2D eigenvalue weighted by Crippen LogP contribution is 2.30. The molecule has 2 aromatic carbocycles. The Morgan fingerprint density at radius 3 is 2.39 bits per heavy atom. The number of thiocarbonyl (C=S) groups is 1. The highest BCUT2D eigenvalue weighted by atomic mass is 35.6. The number of carbonyl (C=O) groups excluding carboxylic acids is 1. The van der Waals surface area contributed by atoms with Crippen LogP contribution in [0.25, 0.3) is 0 Å². The summed E-state index contributed by atoms with van der Waals surface area (Å²) in [4.78, 5) is 12.1. The molecular weight excluding hydrogens is 488 g/mol. The van der Waals surface area contributed by atoms with E-state index in [0.717, 1.165) is 5.56 Å². The van der Waals surface area contributed by atoms with Crippen LogP contribution in [0.3, 0.4) is 0 Å². The van der Waals surface area contributed by atoms with E-state index in [0.29, 0.717) is 15.7 Å². The van der Waals surface area contributed by atoms with Gasteiger partial charge in [0.05, 0.1) is 10.7 Å². The van der Waals surface area contributed by atoms with Gasteiger partial charge in [-0.05, 0) is 36.0 Å². The number of ether oxygens (including phenoxy) is 1. The summed E-state index contributed by atoms with van der Waals surface area (Å²) in [6.45, 7) is 0.0556. The van der Waals surface area contributed by atoms with Crippen molar-refractivity contribution in [2.45, 2.75) is 16.6 Å². The largest absolute Gasteiger partial charge is 0.445 e. The molecule has 11 heteroatoms. The van der Waals surface area contributed by atoms with Crippen LogP contribution in [0.4, 0.5) is 10.5 Å². The van der Waals surface area contributed by atoms with Crippen LogP contribution in [0.1, 0.15) is 5.56 Å². The van der Waals surface area contributed by atoms with Gasteiger partial charge in [-0.2, -0.15) is 0 Å². The van der Waals surface area contributed by atoms with Gasteiger partial charge in [0.15, 0.2) is 11.3 Å². The lowest BCUT2D eigenvalue weighted by atomic mass is 10.2.